The van der Waals surface area contributed by atoms with Crippen LogP contribution in [0.5, 0.6) is 5.75 Å². The van der Waals surface area contributed by atoms with E-state index in [2.05, 4.69) is 17.8 Å². The van der Waals surface area contributed by atoms with Gasteiger partial charge in [-0.15, -0.1) is 19.3 Å². The van der Waals surface area contributed by atoms with Gasteiger partial charge in [-0.1, -0.05) is 17.8 Å². The molecule has 0 saturated heterocycles. The van der Waals surface area contributed by atoms with Crippen molar-refractivity contribution < 1.29 is 5.11 Å². The summed E-state index contributed by atoms with van der Waals surface area (Å²) in [7, 11) is 0. The first-order chi connectivity index (χ1) is 6.65. The second-order valence-electron chi connectivity index (χ2n) is 2.54. The molecule has 66 valence electrons. The zero-order chi connectivity index (χ0) is 10.7. The fourth-order valence-electron chi connectivity index (χ4n) is 1.07. The molecule has 0 aliphatic carbocycles. The summed E-state index contributed by atoms with van der Waals surface area (Å²) in [5, 5.41) is 9.50. The Morgan fingerprint density at radius 2 is 1.64 bits per heavy atom. The maximum Gasteiger partial charge on any atom is 0.155 e. The number of benzene rings is 1. The van der Waals surface area contributed by atoms with Crippen LogP contribution in [-0.2, 0) is 0 Å². The van der Waals surface area contributed by atoms with Crippen LogP contribution in [0.3, 0.4) is 0 Å². The Balaban J connectivity index is 3.70. The van der Waals surface area contributed by atoms with E-state index in [1.807, 2.05) is 0 Å². The van der Waals surface area contributed by atoms with Gasteiger partial charge in [-0.25, -0.2) is 0 Å². The van der Waals surface area contributed by atoms with Gasteiger partial charge in [0.1, 0.15) is 0 Å². The van der Waals surface area contributed by atoms with Crippen LogP contribution in [0.2, 0.25) is 0 Å². The normalized spacial score (nSPS) is 8.36. The Morgan fingerprint density at radius 1 is 1.07 bits per heavy atom. The largest absolute Gasteiger partial charge is 0.504 e. The smallest absolute Gasteiger partial charge is 0.155 e. The zero-order valence-electron chi connectivity index (χ0n) is 7.33. The molecule has 2 nitrogen and oxygen atoms in total. The van der Waals surface area contributed by atoms with Crippen molar-refractivity contribution in [3.8, 4) is 42.8 Å². The van der Waals surface area contributed by atoms with E-state index in [1.54, 1.807) is 0 Å². The number of phenolic OH excluding ortho intramolecular Hbond substituents is 1. The number of terminal acetylenes is 3. The maximum absolute atomic E-state index is 9.50. The summed E-state index contributed by atoms with van der Waals surface area (Å²) in [5.41, 5.74) is 6.57. The van der Waals surface area contributed by atoms with Gasteiger partial charge in [-0.2, -0.15) is 0 Å². The number of nitrogens with two attached hydrogens (primary N) is 1. The average molecular weight is 181 g/mol. The lowest BCUT2D eigenvalue weighted by atomic mass is 10.0. The van der Waals surface area contributed by atoms with Crippen LogP contribution in [0.15, 0.2) is 6.07 Å². The number of anilines is 1. The molecule has 2 heteroatoms. The van der Waals surface area contributed by atoms with Gasteiger partial charge in [0.05, 0.1) is 16.8 Å². The summed E-state index contributed by atoms with van der Waals surface area (Å²) in [6.07, 6.45) is 15.6. The molecule has 1 aromatic carbocycles. The van der Waals surface area contributed by atoms with Gasteiger partial charge in [0.2, 0.25) is 0 Å². The van der Waals surface area contributed by atoms with Crippen LogP contribution in [0, 0.1) is 37.0 Å². The van der Waals surface area contributed by atoms with Crippen LogP contribution in [0.4, 0.5) is 5.69 Å². The minimum Gasteiger partial charge on any atom is -0.504 e. The van der Waals surface area contributed by atoms with Crippen LogP contribution >= 0.6 is 0 Å². The van der Waals surface area contributed by atoms with Crippen LogP contribution < -0.4 is 5.73 Å². The standard InChI is InChI=1S/C12H7NO/c1-4-8-7-9(5-2)12(14)11(13)10(8)6-3/h1-3,7,14H,13H2. The Hall–Kier alpha value is -2.50. The lowest BCUT2D eigenvalue weighted by Gasteiger charge is -2.06. The molecular weight excluding hydrogens is 174 g/mol. The molecule has 0 aliphatic heterocycles. The second kappa shape index (κ2) is 3.48. The van der Waals surface area contributed by atoms with Gasteiger partial charge in [0.25, 0.3) is 0 Å². The molecule has 0 aromatic heterocycles. The highest BCUT2D eigenvalue weighted by Gasteiger charge is 2.11. The number of aromatic hydroxyl groups is 1. The first-order valence-electron chi connectivity index (χ1n) is 3.71. The van der Waals surface area contributed by atoms with Gasteiger partial charge >= 0.3 is 0 Å². The van der Waals surface area contributed by atoms with Crippen LogP contribution in [-0.4, -0.2) is 5.11 Å². The molecule has 0 atom stereocenters. The molecule has 0 heterocycles. The summed E-state index contributed by atoms with van der Waals surface area (Å²) >= 11 is 0. The highest BCUT2D eigenvalue weighted by molar-refractivity contribution is 5.74. The molecule has 1 aromatic rings. The van der Waals surface area contributed by atoms with E-state index in [0.29, 0.717) is 11.1 Å². The molecule has 0 aliphatic rings. The topological polar surface area (TPSA) is 46.2 Å². The first kappa shape index (κ1) is 9.59. The molecule has 0 unspecified atom stereocenters. The quantitative estimate of drug-likeness (QED) is 0.355. The first-order valence-corrected chi connectivity index (χ1v) is 3.71. The van der Waals surface area contributed by atoms with E-state index < -0.39 is 0 Å². The Bertz CT molecular complexity index is 507. The van der Waals surface area contributed by atoms with Crippen molar-refractivity contribution in [2.24, 2.45) is 0 Å². The maximum atomic E-state index is 9.50. The Labute approximate surface area is 82.8 Å². The van der Waals surface area contributed by atoms with Crippen molar-refractivity contribution in [1.82, 2.24) is 0 Å². The van der Waals surface area contributed by atoms with Crippen molar-refractivity contribution in [2.45, 2.75) is 0 Å². The predicted molar refractivity (Wildman–Crippen MR) is 56.3 cm³/mol. The SMILES string of the molecule is C#Cc1cc(C#C)c(C#C)c(N)c1O. The number of hydrogen-bond donors (Lipinski definition) is 2. The summed E-state index contributed by atoms with van der Waals surface area (Å²) in [6.45, 7) is 0. The third-order valence-electron chi connectivity index (χ3n) is 1.79. The second-order valence-corrected chi connectivity index (χ2v) is 2.54. The van der Waals surface area contributed by atoms with Gasteiger partial charge in [-0.05, 0) is 6.07 Å². The molecule has 0 amide bonds. The monoisotopic (exact) mass is 181 g/mol. The van der Waals surface area contributed by atoms with E-state index in [-0.39, 0.29) is 17.0 Å². The molecule has 0 spiro atoms. The summed E-state index contributed by atoms with van der Waals surface area (Å²) in [5.74, 6) is 6.74. The number of phenols is 1. The zero-order valence-corrected chi connectivity index (χ0v) is 7.33. The minimum atomic E-state index is -0.195. The predicted octanol–water partition coefficient (Wildman–Crippen LogP) is 0.918. The van der Waals surface area contributed by atoms with Gasteiger partial charge in [0.15, 0.2) is 5.75 Å². The summed E-state index contributed by atoms with van der Waals surface area (Å²) in [6, 6.07) is 1.46. The molecule has 0 bridgehead atoms. The summed E-state index contributed by atoms with van der Waals surface area (Å²) < 4.78 is 0. The van der Waals surface area contributed by atoms with Crippen molar-refractivity contribution in [3.05, 3.63) is 22.8 Å². The van der Waals surface area contributed by atoms with Crippen LogP contribution in [0.25, 0.3) is 0 Å². The lowest BCUT2D eigenvalue weighted by Crippen LogP contribution is -1.96. The summed E-state index contributed by atoms with van der Waals surface area (Å²) in [4.78, 5) is 0. The average Bonchev–Trinajstić information content (AvgIpc) is 2.21. The molecule has 0 radical (unpaired) electrons. The molecule has 3 N–H and O–H groups in total. The minimum absolute atomic E-state index is 0.0518. The van der Waals surface area contributed by atoms with E-state index >= 15 is 0 Å². The highest BCUT2D eigenvalue weighted by atomic mass is 16.3. The van der Waals surface area contributed by atoms with E-state index in [0.717, 1.165) is 0 Å². The molecule has 14 heavy (non-hydrogen) atoms. The van der Waals surface area contributed by atoms with Crippen LogP contribution in [0.1, 0.15) is 16.7 Å². The number of hydrogen-bond acceptors (Lipinski definition) is 2. The van der Waals surface area contributed by atoms with E-state index in [9.17, 15) is 5.11 Å². The van der Waals surface area contributed by atoms with Gasteiger partial charge < -0.3 is 10.8 Å². The lowest BCUT2D eigenvalue weighted by molar-refractivity contribution is 0.476. The third-order valence-corrected chi connectivity index (χ3v) is 1.79. The van der Waals surface area contributed by atoms with Gasteiger partial charge in [-0.3, -0.25) is 0 Å². The molecule has 0 saturated carbocycles. The number of nitrogen functional groups attached to an aromatic ring is 1. The Morgan fingerprint density at radius 3 is 2.07 bits per heavy atom. The van der Waals surface area contributed by atoms with E-state index in [4.69, 9.17) is 25.0 Å². The van der Waals surface area contributed by atoms with Crippen molar-refractivity contribution in [1.29, 1.82) is 0 Å². The fourth-order valence-corrected chi connectivity index (χ4v) is 1.07. The molecule has 1 rings (SSSR count). The van der Waals surface area contributed by atoms with Crippen molar-refractivity contribution >= 4 is 5.69 Å². The van der Waals surface area contributed by atoms with E-state index in [1.165, 1.54) is 6.07 Å². The number of rotatable bonds is 0. The Kier molecular flexibility index (Phi) is 2.38. The molecular formula is C12H7NO. The van der Waals surface area contributed by atoms with Gasteiger partial charge in [0, 0.05) is 5.56 Å². The fraction of sp³-hybridized carbons (Fsp3) is 0. The third kappa shape index (κ3) is 1.24. The van der Waals surface area contributed by atoms with Crippen molar-refractivity contribution in [2.75, 3.05) is 5.73 Å². The molecule has 0 fully saturated rings. The highest BCUT2D eigenvalue weighted by Crippen LogP contribution is 2.30. The van der Waals surface area contributed by atoms with Crippen molar-refractivity contribution in [3.63, 3.8) is 0 Å².